The SMILES string of the molecule is CC(C)c1cc(-c2nnc(O)n2-c2ccc(CNCCNC(=O)CCCC(=O)Nc3cccc4c3CN(C3CCC(=O)NC3=O)C4=O)cc2)c(O)cc1O. The zero-order valence-electron chi connectivity index (χ0n) is 29.9. The average molecular weight is 739 g/mol. The fourth-order valence-electron chi connectivity index (χ4n) is 6.62. The zero-order chi connectivity index (χ0) is 38.5. The minimum Gasteiger partial charge on any atom is -0.508 e. The van der Waals surface area contributed by atoms with Crippen LogP contribution >= 0.6 is 0 Å². The second kappa shape index (κ2) is 16.2. The van der Waals surface area contributed by atoms with E-state index >= 15 is 0 Å². The molecular formula is C38H42N8O8. The van der Waals surface area contributed by atoms with Gasteiger partial charge in [-0.15, -0.1) is 5.10 Å². The lowest BCUT2D eigenvalue weighted by Crippen LogP contribution is -2.52. The third-order valence-electron chi connectivity index (χ3n) is 9.47. The second-order valence-corrected chi connectivity index (χ2v) is 13.6. The minimum atomic E-state index is -0.752. The van der Waals surface area contributed by atoms with Crippen molar-refractivity contribution in [2.75, 3.05) is 18.4 Å². The molecule has 4 aromatic rings. The molecule has 1 unspecified atom stereocenters. The van der Waals surface area contributed by atoms with Gasteiger partial charge < -0.3 is 36.2 Å². The molecule has 2 aliphatic heterocycles. The number of phenolic OH excluding ortho intramolecular Hbond substituents is 2. The van der Waals surface area contributed by atoms with Crippen LogP contribution in [0.3, 0.4) is 0 Å². The normalized spacial score (nSPS) is 15.4. The second-order valence-electron chi connectivity index (χ2n) is 13.6. The molecule has 0 radical (unpaired) electrons. The highest BCUT2D eigenvalue weighted by molar-refractivity contribution is 6.06. The number of fused-ring (bicyclic) bond motifs is 1. The average Bonchev–Trinajstić information content (AvgIpc) is 3.68. The van der Waals surface area contributed by atoms with Gasteiger partial charge >= 0.3 is 6.01 Å². The number of benzene rings is 3. The van der Waals surface area contributed by atoms with Crippen LogP contribution in [-0.4, -0.2) is 83.7 Å². The van der Waals surface area contributed by atoms with E-state index in [0.717, 1.165) is 5.56 Å². The van der Waals surface area contributed by atoms with Gasteiger partial charge in [-0.2, -0.15) is 0 Å². The Morgan fingerprint density at radius 1 is 0.926 bits per heavy atom. The Balaban J connectivity index is 0.917. The fourth-order valence-corrected chi connectivity index (χ4v) is 6.62. The quantitative estimate of drug-likeness (QED) is 0.0735. The van der Waals surface area contributed by atoms with Crippen molar-refractivity contribution in [1.29, 1.82) is 0 Å². The topological polar surface area (TPSA) is 228 Å². The van der Waals surface area contributed by atoms with Gasteiger partial charge in [0.05, 0.1) is 11.3 Å². The van der Waals surface area contributed by atoms with Crippen molar-refractivity contribution in [2.45, 2.75) is 71.0 Å². The van der Waals surface area contributed by atoms with Crippen LogP contribution in [0.4, 0.5) is 5.69 Å². The van der Waals surface area contributed by atoms with Gasteiger partial charge in [-0.25, -0.2) is 4.57 Å². The van der Waals surface area contributed by atoms with Crippen LogP contribution in [-0.2, 0) is 32.3 Å². The molecule has 54 heavy (non-hydrogen) atoms. The first-order valence-corrected chi connectivity index (χ1v) is 17.7. The molecule has 1 fully saturated rings. The van der Waals surface area contributed by atoms with Crippen molar-refractivity contribution >= 4 is 35.2 Å². The van der Waals surface area contributed by atoms with E-state index in [-0.39, 0.29) is 85.1 Å². The summed E-state index contributed by atoms with van der Waals surface area (Å²) >= 11 is 0. The van der Waals surface area contributed by atoms with E-state index in [1.54, 1.807) is 36.4 Å². The monoisotopic (exact) mass is 738 g/mol. The molecule has 16 heteroatoms. The predicted octanol–water partition coefficient (Wildman–Crippen LogP) is 2.95. The summed E-state index contributed by atoms with van der Waals surface area (Å²) in [6, 6.07) is 14.1. The van der Waals surface area contributed by atoms with Crippen LogP contribution in [0.1, 0.15) is 78.9 Å². The summed E-state index contributed by atoms with van der Waals surface area (Å²) in [5, 5.41) is 50.3. The molecule has 7 N–H and O–H groups in total. The smallest absolute Gasteiger partial charge is 0.319 e. The van der Waals surface area contributed by atoms with Crippen molar-refractivity contribution in [3.8, 4) is 34.6 Å². The molecule has 0 spiro atoms. The highest BCUT2D eigenvalue weighted by atomic mass is 16.3. The molecule has 1 saturated heterocycles. The molecule has 5 amide bonds. The number of hydrogen-bond acceptors (Lipinski definition) is 11. The van der Waals surface area contributed by atoms with Crippen LogP contribution in [0, 0.1) is 0 Å². The first-order valence-electron chi connectivity index (χ1n) is 17.7. The van der Waals surface area contributed by atoms with Crippen LogP contribution in [0.5, 0.6) is 17.5 Å². The summed E-state index contributed by atoms with van der Waals surface area (Å²) in [5.74, 6) is -1.72. The lowest BCUT2D eigenvalue weighted by molar-refractivity contribution is -0.137. The fraction of sp³-hybridized carbons (Fsp3) is 0.342. The largest absolute Gasteiger partial charge is 0.508 e. The molecule has 1 aromatic heterocycles. The number of anilines is 1. The maximum Gasteiger partial charge on any atom is 0.319 e. The number of aromatic nitrogens is 3. The van der Waals surface area contributed by atoms with E-state index in [1.807, 2.05) is 26.0 Å². The zero-order valence-corrected chi connectivity index (χ0v) is 29.9. The first-order chi connectivity index (χ1) is 25.9. The maximum absolute atomic E-state index is 13.0. The standard InChI is InChI=1S/C38H42N8O8/c1-21(2)25-17-26(31(48)18-30(25)47)35-43-44-38(54)46(35)23-11-9-22(10-12-23)19-39-15-16-40-32(49)7-4-8-33(50)41-28-6-3-5-24-27(28)20-45(37(24)53)29-13-14-34(51)42-36(29)52/h3,5-6,9-12,17-18,21,29,39,47-48H,4,7-8,13-16,19-20H2,1-2H3,(H,40,49)(H,41,50)(H,44,54)(H,42,51,52). The number of imide groups is 1. The molecule has 282 valence electrons. The summed E-state index contributed by atoms with van der Waals surface area (Å²) in [6.07, 6.45) is 0.970. The number of nitrogens with zero attached hydrogens (tertiary/aromatic N) is 4. The van der Waals surface area contributed by atoms with Gasteiger partial charge in [0, 0.05) is 68.3 Å². The molecule has 0 saturated carbocycles. The van der Waals surface area contributed by atoms with Crippen LogP contribution < -0.4 is 21.3 Å². The first kappa shape index (κ1) is 37.5. The molecule has 3 heterocycles. The molecule has 2 aliphatic rings. The molecule has 0 bridgehead atoms. The van der Waals surface area contributed by atoms with E-state index in [4.69, 9.17) is 0 Å². The number of amides is 5. The summed E-state index contributed by atoms with van der Waals surface area (Å²) < 4.78 is 1.40. The highest BCUT2D eigenvalue weighted by Crippen LogP contribution is 2.39. The van der Waals surface area contributed by atoms with Crippen LogP contribution in [0.25, 0.3) is 17.1 Å². The van der Waals surface area contributed by atoms with Crippen molar-refractivity contribution in [2.24, 2.45) is 0 Å². The lowest BCUT2D eigenvalue weighted by atomic mass is 9.98. The Bertz CT molecular complexity index is 2100. The van der Waals surface area contributed by atoms with E-state index in [0.29, 0.717) is 59.7 Å². The molecule has 0 aliphatic carbocycles. The predicted molar refractivity (Wildman–Crippen MR) is 196 cm³/mol. The Hall–Kier alpha value is -6.29. The maximum atomic E-state index is 13.0. The van der Waals surface area contributed by atoms with E-state index in [9.17, 15) is 39.3 Å². The third-order valence-corrected chi connectivity index (χ3v) is 9.47. The molecule has 6 rings (SSSR count). The number of hydrogen-bond donors (Lipinski definition) is 7. The summed E-state index contributed by atoms with van der Waals surface area (Å²) in [4.78, 5) is 63.5. The van der Waals surface area contributed by atoms with Gasteiger partial charge in [0.15, 0.2) is 5.82 Å². The van der Waals surface area contributed by atoms with E-state index in [2.05, 4.69) is 31.5 Å². The Morgan fingerprint density at radius 3 is 2.43 bits per heavy atom. The number of rotatable bonds is 14. The van der Waals surface area contributed by atoms with Gasteiger partial charge in [0.2, 0.25) is 23.6 Å². The van der Waals surface area contributed by atoms with Crippen molar-refractivity contribution in [1.82, 2.24) is 35.6 Å². The molecule has 16 nitrogen and oxygen atoms in total. The van der Waals surface area contributed by atoms with Crippen molar-refractivity contribution in [3.63, 3.8) is 0 Å². The van der Waals surface area contributed by atoms with E-state index in [1.165, 1.54) is 15.5 Å². The number of carbonyl (C=O) groups is 5. The number of carbonyl (C=O) groups excluding carboxylic acids is 5. The summed E-state index contributed by atoms with van der Waals surface area (Å²) in [6.45, 7) is 5.35. The molecule has 1 atom stereocenters. The summed E-state index contributed by atoms with van der Waals surface area (Å²) in [7, 11) is 0. The number of piperidine rings is 1. The number of aromatic hydroxyl groups is 3. The summed E-state index contributed by atoms with van der Waals surface area (Å²) in [5.41, 5.74) is 3.92. The van der Waals surface area contributed by atoms with E-state index < -0.39 is 11.9 Å². The Labute approximate surface area is 310 Å². The molecular weight excluding hydrogens is 696 g/mol. The van der Waals surface area contributed by atoms with Gasteiger partial charge in [0.25, 0.3) is 5.91 Å². The van der Waals surface area contributed by atoms with Crippen LogP contribution in [0.2, 0.25) is 0 Å². The van der Waals surface area contributed by atoms with Gasteiger partial charge in [-0.1, -0.05) is 37.1 Å². The van der Waals surface area contributed by atoms with Crippen molar-refractivity contribution < 1.29 is 39.3 Å². The number of nitrogens with one attached hydrogen (secondary N) is 4. The van der Waals surface area contributed by atoms with Gasteiger partial charge in [0.1, 0.15) is 17.5 Å². The lowest BCUT2D eigenvalue weighted by Gasteiger charge is -2.29. The Kier molecular flexibility index (Phi) is 11.2. The number of phenols is 2. The van der Waals surface area contributed by atoms with Gasteiger partial charge in [-0.05, 0) is 60.2 Å². The van der Waals surface area contributed by atoms with Crippen molar-refractivity contribution in [3.05, 3.63) is 76.9 Å². The Morgan fingerprint density at radius 2 is 1.69 bits per heavy atom. The highest BCUT2D eigenvalue weighted by Gasteiger charge is 2.40. The molecule has 3 aromatic carbocycles. The minimum absolute atomic E-state index is 0.0181. The third kappa shape index (κ3) is 8.18. The van der Waals surface area contributed by atoms with Crippen LogP contribution in [0.15, 0.2) is 54.6 Å². The van der Waals surface area contributed by atoms with Gasteiger partial charge in [-0.3, -0.25) is 29.3 Å².